The first-order valence-electron chi connectivity index (χ1n) is 9.52. The summed E-state index contributed by atoms with van der Waals surface area (Å²) in [7, 11) is 0. The van der Waals surface area contributed by atoms with Crippen LogP contribution in [0.2, 0.25) is 0 Å². The van der Waals surface area contributed by atoms with Gasteiger partial charge in [-0.15, -0.1) is 0 Å². The molecule has 1 saturated heterocycles. The van der Waals surface area contributed by atoms with Gasteiger partial charge < -0.3 is 15.4 Å². The number of benzene rings is 2. The number of carbonyl (C=O) groups is 1. The zero-order chi connectivity index (χ0) is 19.2. The maximum atomic E-state index is 12.9. The third kappa shape index (κ3) is 5.54. The largest absolute Gasteiger partial charge is 0.489 e. The molecule has 0 bridgehead atoms. The number of amides is 1. The van der Waals surface area contributed by atoms with E-state index in [1.54, 1.807) is 12.1 Å². The van der Waals surface area contributed by atoms with Crippen LogP contribution >= 0.6 is 0 Å². The molecule has 1 fully saturated rings. The molecule has 0 radical (unpaired) electrons. The predicted octanol–water partition coefficient (Wildman–Crippen LogP) is 3.97. The number of rotatable bonds is 6. The van der Waals surface area contributed by atoms with E-state index in [4.69, 9.17) is 4.74 Å². The summed E-state index contributed by atoms with van der Waals surface area (Å²) in [6, 6.07) is 14.3. The smallest absolute Gasteiger partial charge is 0.223 e. The fraction of sp³-hybridized carbons (Fsp3) is 0.409. The topological polar surface area (TPSA) is 50.4 Å². The summed E-state index contributed by atoms with van der Waals surface area (Å²) >= 11 is 0. The monoisotopic (exact) mass is 370 g/mol. The first kappa shape index (κ1) is 19.4. The molecule has 1 aliphatic rings. The molecule has 2 N–H and O–H groups in total. The minimum Gasteiger partial charge on any atom is -0.489 e. The first-order chi connectivity index (χ1) is 13.0. The number of hydrogen-bond acceptors (Lipinski definition) is 3. The van der Waals surface area contributed by atoms with Gasteiger partial charge in [0, 0.05) is 12.0 Å². The van der Waals surface area contributed by atoms with Crippen LogP contribution in [0.25, 0.3) is 0 Å². The van der Waals surface area contributed by atoms with Crippen LogP contribution in [0.3, 0.4) is 0 Å². The standard InChI is InChI=1S/C22H27FN2O2/c1-15-13-19(11-12-24-15)22(26)25-16(2)18-5-9-21(10-6-18)27-14-17-3-7-20(23)8-4-17/h3-10,15-16,19,24H,11-14H2,1-2H3,(H,25,26)/t15-,16?,19-/m0/s1. The Morgan fingerprint density at radius 1 is 1.22 bits per heavy atom. The SMILES string of the molecule is CC(NC(=O)[C@H]1CCN[C@@H](C)C1)c1ccc(OCc2ccc(F)cc2)cc1. The van der Waals surface area contributed by atoms with Crippen LogP contribution in [0.1, 0.15) is 43.9 Å². The van der Waals surface area contributed by atoms with Crippen LogP contribution in [0.4, 0.5) is 4.39 Å². The highest BCUT2D eigenvalue weighted by atomic mass is 19.1. The third-order valence-corrected chi connectivity index (χ3v) is 5.05. The third-order valence-electron chi connectivity index (χ3n) is 5.05. The maximum Gasteiger partial charge on any atom is 0.223 e. The Balaban J connectivity index is 1.51. The van der Waals surface area contributed by atoms with Crippen molar-refractivity contribution in [3.05, 3.63) is 65.5 Å². The van der Waals surface area contributed by atoms with Crippen LogP contribution < -0.4 is 15.4 Å². The Bertz CT molecular complexity index is 746. The van der Waals surface area contributed by atoms with E-state index in [0.29, 0.717) is 12.6 Å². The molecule has 1 amide bonds. The molecular weight excluding hydrogens is 343 g/mol. The lowest BCUT2D eigenvalue weighted by Gasteiger charge is -2.28. The molecule has 1 aliphatic heterocycles. The fourth-order valence-corrected chi connectivity index (χ4v) is 3.38. The van der Waals surface area contributed by atoms with Gasteiger partial charge >= 0.3 is 0 Å². The van der Waals surface area contributed by atoms with E-state index in [1.807, 2.05) is 31.2 Å². The van der Waals surface area contributed by atoms with E-state index in [0.717, 1.165) is 36.3 Å². The number of ether oxygens (including phenoxy) is 1. The fourth-order valence-electron chi connectivity index (χ4n) is 3.38. The highest BCUT2D eigenvalue weighted by Crippen LogP contribution is 2.21. The number of piperidine rings is 1. The highest BCUT2D eigenvalue weighted by molar-refractivity contribution is 5.79. The minimum atomic E-state index is -0.252. The molecule has 0 spiro atoms. The first-order valence-corrected chi connectivity index (χ1v) is 9.52. The molecule has 3 atom stereocenters. The summed E-state index contributed by atoms with van der Waals surface area (Å²) in [4.78, 5) is 12.5. The molecular formula is C22H27FN2O2. The van der Waals surface area contributed by atoms with Gasteiger partial charge in [0.25, 0.3) is 0 Å². The Hall–Kier alpha value is -2.40. The van der Waals surface area contributed by atoms with Crippen LogP contribution in [0.15, 0.2) is 48.5 Å². The van der Waals surface area contributed by atoms with E-state index in [2.05, 4.69) is 17.6 Å². The maximum absolute atomic E-state index is 12.9. The number of hydrogen-bond donors (Lipinski definition) is 2. The molecule has 2 aromatic carbocycles. The molecule has 3 rings (SSSR count). The number of halogens is 1. The van der Waals surface area contributed by atoms with Gasteiger partial charge in [0.1, 0.15) is 18.2 Å². The number of nitrogens with one attached hydrogen (secondary N) is 2. The summed E-state index contributed by atoms with van der Waals surface area (Å²) in [5, 5.41) is 6.50. The molecule has 0 aliphatic carbocycles. The Morgan fingerprint density at radius 2 is 1.93 bits per heavy atom. The van der Waals surface area contributed by atoms with Gasteiger partial charge in [-0.2, -0.15) is 0 Å². The summed E-state index contributed by atoms with van der Waals surface area (Å²) in [6.07, 6.45) is 1.77. The second-order valence-electron chi connectivity index (χ2n) is 7.29. The van der Waals surface area contributed by atoms with E-state index >= 15 is 0 Å². The zero-order valence-corrected chi connectivity index (χ0v) is 15.9. The van der Waals surface area contributed by atoms with E-state index in [1.165, 1.54) is 12.1 Å². The van der Waals surface area contributed by atoms with Crippen molar-refractivity contribution in [3.63, 3.8) is 0 Å². The van der Waals surface area contributed by atoms with Crippen molar-refractivity contribution >= 4 is 5.91 Å². The van der Waals surface area contributed by atoms with Gasteiger partial charge in [-0.1, -0.05) is 24.3 Å². The summed E-state index contributed by atoms with van der Waals surface area (Å²) in [5.74, 6) is 0.710. The van der Waals surface area contributed by atoms with Crippen molar-refractivity contribution in [1.29, 1.82) is 0 Å². The average molecular weight is 370 g/mol. The van der Waals surface area contributed by atoms with E-state index in [-0.39, 0.29) is 23.7 Å². The van der Waals surface area contributed by atoms with Crippen LogP contribution in [0.5, 0.6) is 5.75 Å². The van der Waals surface area contributed by atoms with Crippen LogP contribution in [0, 0.1) is 11.7 Å². The van der Waals surface area contributed by atoms with Gasteiger partial charge in [-0.25, -0.2) is 4.39 Å². The Labute approximate surface area is 160 Å². The normalized spacial score (nSPS) is 20.7. The lowest BCUT2D eigenvalue weighted by molar-refractivity contribution is -0.126. The quantitative estimate of drug-likeness (QED) is 0.809. The highest BCUT2D eigenvalue weighted by Gasteiger charge is 2.25. The average Bonchev–Trinajstić information content (AvgIpc) is 2.68. The minimum absolute atomic E-state index is 0.0474. The molecule has 0 saturated carbocycles. The predicted molar refractivity (Wildman–Crippen MR) is 104 cm³/mol. The second-order valence-corrected chi connectivity index (χ2v) is 7.29. The van der Waals surface area contributed by atoms with Crippen LogP contribution in [-0.2, 0) is 11.4 Å². The van der Waals surface area contributed by atoms with Crippen molar-refractivity contribution in [2.24, 2.45) is 5.92 Å². The molecule has 0 aromatic heterocycles. The van der Waals surface area contributed by atoms with Crippen molar-refractivity contribution in [1.82, 2.24) is 10.6 Å². The summed E-state index contributed by atoms with van der Waals surface area (Å²) in [5.41, 5.74) is 1.96. The van der Waals surface area contributed by atoms with Crippen molar-refractivity contribution in [2.75, 3.05) is 6.54 Å². The lowest BCUT2D eigenvalue weighted by Crippen LogP contribution is -2.42. The second kappa shape index (κ2) is 9.00. The van der Waals surface area contributed by atoms with Gasteiger partial charge in [0.05, 0.1) is 6.04 Å². The van der Waals surface area contributed by atoms with Gasteiger partial charge in [-0.05, 0) is 68.6 Å². The molecule has 27 heavy (non-hydrogen) atoms. The molecule has 5 heteroatoms. The molecule has 144 valence electrons. The molecule has 1 heterocycles. The lowest BCUT2D eigenvalue weighted by atomic mass is 9.92. The van der Waals surface area contributed by atoms with Crippen LogP contribution in [-0.4, -0.2) is 18.5 Å². The summed E-state index contributed by atoms with van der Waals surface area (Å²) in [6.45, 7) is 5.40. The van der Waals surface area contributed by atoms with Crippen molar-refractivity contribution in [2.45, 2.75) is 45.4 Å². The van der Waals surface area contributed by atoms with Crippen molar-refractivity contribution < 1.29 is 13.9 Å². The molecule has 4 nitrogen and oxygen atoms in total. The van der Waals surface area contributed by atoms with Gasteiger partial charge in [-0.3, -0.25) is 4.79 Å². The van der Waals surface area contributed by atoms with Gasteiger partial charge in [0.15, 0.2) is 0 Å². The Kier molecular flexibility index (Phi) is 6.45. The van der Waals surface area contributed by atoms with Gasteiger partial charge in [0.2, 0.25) is 5.91 Å². The number of carbonyl (C=O) groups excluding carboxylic acids is 1. The Morgan fingerprint density at radius 3 is 2.59 bits per heavy atom. The zero-order valence-electron chi connectivity index (χ0n) is 15.9. The molecule has 2 aromatic rings. The summed E-state index contributed by atoms with van der Waals surface area (Å²) < 4.78 is 18.7. The van der Waals surface area contributed by atoms with Crippen molar-refractivity contribution in [3.8, 4) is 5.75 Å². The van der Waals surface area contributed by atoms with E-state index in [9.17, 15) is 9.18 Å². The molecule has 1 unspecified atom stereocenters. The van der Waals surface area contributed by atoms with E-state index < -0.39 is 0 Å².